The summed E-state index contributed by atoms with van der Waals surface area (Å²) in [6, 6.07) is 12.7. The summed E-state index contributed by atoms with van der Waals surface area (Å²) in [7, 11) is -4.00. The van der Waals surface area contributed by atoms with E-state index in [4.69, 9.17) is 4.55 Å². The third kappa shape index (κ3) is 3.70. The number of fused-ring (bicyclic) bond motifs is 2. The number of carbonyl (C=O) groups is 2. The third-order valence-corrected chi connectivity index (χ3v) is 7.14. The fraction of sp³-hybridized carbons (Fsp3) is 0.348. The Hall–Kier alpha value is -2.84. The predicted molar refractivity (Wildman–Crippen MR) is 117 cm³/mol. The van der Waals surface area contributed by atoms with Gasteiger partial charge in [-0.15, -0.1) is 0 Å². The van der Waals surface area contributed by atoms with Gasteiger partial charge >= 0.3 is 0 Å². The van der Waals surface area contributed by atoms with Crippen molar-refractivity contribution in [2.24, 2.45) is 0 Å². The summed E-state index contributed by atoms with van der Waals surface area (Å²) in [6.45, 7) is 6.86. The molecule has 0 fully saturated rings. The SMILES string of the molecule is CC1=[N+](CCCS(=O)(=O)O)c2ccc(CN3C(=O)c4ccccc4C3=O)cc2C1(C)C. The van der Waals surface area contributed by atoms with E-state index in [2.05, 4.69) is 18.4 Å². The molecule has 0 unspecified atom stereocenters. The Kier molecular flexibility index (Phi) is 5.10. The lowest BCUT2D eigenvalue weighted by atomic mass is 9.81. The van der Waals surface area contributed by atoms with Crippen LogP contribution < -0.4 is 0 Å². The number of rotatable bonds is 6. The van der Waals surface area contributed by atoms with E-state index in [0.717, 1.165) is 22.5 Å². The molecule has 2 amide bonds. The summed E-state index contributed by atoms with van der Waals surface area (Å²) in [5.74, 6) is -0.852. The van der Waals surface area contributed by atoms with Gasteiger partial charge in [0.05, 0.1) is 28.8 Å². The second-order valence-electron chi connectivity index (χ2n) is 8.60. The molecule has 0 bridgehead atoms. The molecule has 2 aromatic carbocycles. The predicted octanol–water partition coefficient (Wildman–Crippen LogP) is 3.16. The molecule has 31 heavy (non-hydrogen) atoms. The van der Waals surface area contributed by atoms with Crippen LogP contribution in [0.4, 0.5) is 5.69 Å². The molecule has 0 aliphatic carbocycles. The van der Waals surface area contributed by atoms with Crippen LogP contribution in [0.2, 0.25) is 0 Å². The molecule has 0 aromatic heterocycles. The standard InChI is InChI=1S/C23H24N2O5S/c1-15-23(2,3)19-13-16(9-10-20(19)24(15)11-6-12-31(28,29)30)14-25-21(26)17-7-4-5-8-18(17)22(25)27/h4-5,7-10,13H,6,11-12,14H2,1-3H3/p+1. The van der Waals surface area contributed by atoms with Gasteiger partial charge in [0.1, 0.15) is 6.54 Å². The lowest BCUT2D eigenvalue weighted by molar-refractivity contribution is -0.438. The second kappa shape index (κ2) is 7.39. The minimum atomic E-state index is -4.00. The fourth-order valence-electron chi connectivity index (χ4n) is 4.39. The zero-order valence-corrected chi connectivity index (χ0v) is 18.6. The summed E-state index contributed by atoms with van der Waals surface area (Å²) in [4.78, 5) is 26.7. The van der Waals surface area contributed by atoms with Gasteiger partial charge in [-0.2, -0.15) is 13.0 Å². The van der Waals surface area contributed by atoms with Crippen LogP contribution in [0.15, 0.2) is 42.5 Å². The van der Waals surface area contributed by atoms with Crippen molar-refractivity contribution in [3.8, 4) is 0 Å². The van der Waals surface area contributed by atoms with E-state index < -0.39 is 10.1 Å². The Balaban J connectivity index is 1.59. The quantitative estimate of drug-likeness (QED) is 0.422. The zero-order chi connectivity index (χ0) is 22.6. The average molecular weight is 442 g/mol. The van der Waals surface area contributed by atoms with Gasteiger partial charge in [-0.1, -0.05) is 18.2 Å². The van der Waals surface area contributed by atoms with Crippen molar-refractivity contribution in [3.63, 3.8) is 0 Å². The summed E-state index contributed by atoms with van der Waals surface area (Å²) < 4.78 is 33.2. The van der Waals surface area contributed by atoms with E-state index >= 15 is 0 Å². The summed E-state index contributed by atoms with van der Waals surface area (Å²) in [5, 5.41) is 0. The number of hydrogen-bond acceptors (Lipinski definition) is 4. The number of nitrogens with zero attached hydrogens (tertiary/aromatic N) is 2. The van der Waals surface area contributed by atoms with Crippen LogP contribution in [0.5, 0.6) is 0 Å². The van der Waals surface area contributed by atoms with Gasteiger partial charge in [-0.25, -0.2) is 0 Å². The van der Waals surface area contributed by atoms with Crippen LogP contribution in [0.25, 0.3) is 0 Å². The lowest BCUT2D eigenvalue weighted by Crippen LogP contribution is -2.29. The number of amides is 2. The maximum Gasteiger partial charge on any atom is 0.265 e. The molecule has 0 radical (unpaired) electrons. The van der Waals surface area contributed by atoms with Crippen molar-refractivity contribution in [1.82, 2.24) is 4.90 Å². The maximum absolute atomic E-state index is 12.7. The Morgan fingerprint density at radius 2 is 1.65 bits per heavy atom. The van der Waals surface area contributed by atoms with E-state index in [9.17, 15) is 18.0 Å². The second-order valence-corrected chi connectivity index (χ2v) is 10.2. The smallest absolute Gasteiger partial charge is 0.265 e. The molecule has 0 saturated carbocycles. The van der Waals surface area contributed by atoms with Crippen LogP contribution in [0, 0.1) is 0 Å². The topological polar surface area (TPSA) is 94.8 Å². The molecule has 0 saturated heterocycles. The van der Waals surface area contributed by atoms with E-state index in [1.54, 1.807) is 24.3 Å². The van der Waals surface area contributed by atoms with Gasteiger partial charge in [-0.05, 0) is 37.6 Å². The molecule has 7 nitrogen and oxygen atoms in total. The first kappa shape index (κ1) is 21.4. The number of benzene rings is 2. The molecule has 2 aliphatic rings. The van der Waals surface area contributed by atoms with Gasteiger partial charge in [0.25, 0.3) is 21.9 Å². The molecule has 4 rings (SSSR count). The highest BCUT2D eigenvalue weighted by Crippen LogP contribution is 2.40. The first-order chi connectivity index (χ1) is 14.5. The maximum atomic E-state index is 12.7. The highest BCUT2D eigenvalue weighted by molar-refractivity contribution is 7.85. The molecular weight excluding hydrogens is 416 g/mol. The highest BCUT2D eigenvalue weighted by Gasteiger charge is 2.43. The van der Waals surface area contributed by atoms with Gasteiger partial charge in [0.2, 0.25) is 5.69 Å². The molecular formula is C23H25N2O5S+. The van der Waals surface area contributed by atoms with Crippen molar-refractivity contribution in [2.75, 3.05) is 12.3 Å². The van der Waals surface area contributed by atoms with E-state index in [1.165, 1.54) is 4.90 Å². The van der Waals surface area contributed by atoms with Crippen LogP contribution in [0.1, 0.15) is 59.0 Å². The first-order valence-electron chi connectivity index (χ1n) is 10.2. The fourth-order valence-corrected chi connectivity index (χ4v) is 4.88. The van der Waals surface area contributed by atoms with Crippen molar-refractivity contribution in [1.29, 1.82) is 0 Å². The molecule has 2 heterocycles. The monoisotopic (exact) mass is 441 g/mol. The zero-order valence-electron chi connectivity index (χ0n) is 17.8. The van der Waals surface area contributed by atoms with E-state index in [0.29, 0.717) is 24.1 Å². The summed E-state index contributed by atoms with van der Waals surface area (Å²) in [6.07, 6.45) is 0.308. The van der Waals surface area contributed by atoms with Gasteiger partial charge in [0, 0.05) is 25.0 Å². The molecule has 2 aromatic rings. The number of imide groups is 1. The first-order valence-corrected chi connectivity index (χ1v) is 11.8. The average Bonchev–Trinajstić information content (AvgIpc) is 3.05. The van der Waals surface area contributed by atoms with Crippen molar-refractivity contribution in [3.05, 3.63) is 64.7 Å². The van der Waals surface area contributed by atoms with Gasteiger partial charge < -0.3 is 0 Å². The largest absolute Gasteiger partial charge is 0.286 e. The summed E-state index contributed by atoms with van der Waals surface area (Å²) >= 11 is 0. The van der Waals surface area contributed by atoms with Crippen LogP contribution in [-0.2, 0) is 22.1 Å². The van der Waals surface area contributed by atoms with Gasteiger partial charge in [0.15, 0.2) is 5.71 Å². The Morgan fingerprint density at radius 3 is 2.23 bits per heavy atom. The Labute approximate surface area is 181 Å². The minimum Gasteiger partial charge on any atom is -0.286 e. The molecule has 2 aliphatic heterocycles. The van der Waals surface area contributed by atoms with Crippen LogP contribution >= 0.6 is 0 Å². The van der Waals surface area contributed by atoms with E-state index in [-0.39, 0.29) is 29.5 Å². The third-order valence-electron chi connectivity index (χ3n) is 6.34. The molecule has 0 spiro atoms. The van der Waals surface area contributed by atoms with Crippen LogP contribution in [0.3, 0.4) is 0 Å². The highest BCUT2D eigenvalue weighted by atomic mass is 32.2. The van der Waals surface area contributed by atoms with Gasteiger partial charge in [-0.3, -0.25) is 19.0 Å². The number of hydrogen-bond donors (Lipinski definition) is 1. The van der Waals surface area contributed by atoms with Crippen LogP contribution in [-0.4, -0.2) is 52.3 Å². The lowest BCUT2D eigenvalue weighted by Gasteiger charge is -2.18. The normalized spacial score (nSPS) is 17.4. The molecule has 8 heteroatoms. The van der Waals surface area contributed by atoms with E-state index in [1.807, 2.05) is 25.1 Å². The molecule has 1 N–H and O–H groups in total. The molecule has 162 valence electrons. The summed E-state index contributed by atoms with van der Waals surface area (Å²) in [5.41, 5.74) is 4.55. The molecule has 0 atom stereocenters. The van der Waals surface area contributed by atoms with Crippen molar-refractivity contribution in [2.45, 2.75) is 39.2 Å². The Morgan fingerprint density at radius 1 is 1.03 bits per heavy atom. The van der Waals surface area contributed by atoms with Crippen molar-refractivity contribution < 1.29 is 27.1 Å². The van der Waals surface area contributed by atoms with Crippen molar-refractivity contribution >= 4 is 33.3 Å². The number of carbonyl (C=O) groups excluding carboxylic acids is 2. The minimum absolute atomic E-state index is 0.192. The Bertz CT molecular complexity index is 1210.